The number of methoxy groups -OCH3 is 1. The molecule has 3 N–H and O–H groups in total. The van der Waals surface area contributed by atoms with Crippen molar-refractivity contribution < 1.29 is 24.2 Å². The van der Waals surface area contributed by atoms with E-state index in [1.54, 1.807) is 42.5 Å². The Balaban J connectivity index is 2.21. The highest BCUT2D eigenvalue weighted by molar-refractivity contribution is 6.04. The first-order valence-corrected chi connectivity index (χ1v) is 7.94. The Labute approximate surface area is 151 Å². The van der Waals surface area contributed by atoms with Crippen LogP contribution in [-0.4, -0.2) is 36.0 Å². The van der Waals surface area contributed by atoms with Crippen molar-refractivity contribution >= 4 is 23.5 Å². The SMILES string of the molecule is COc1ccccc1C[C@H](NC(=O)c1ccccc1NC(C)=O)C(=O)O. The summed E-state index contributed by atoms with van der Waals surface area (Å²) in [6.07, 6.45) is 0.0629. The highest BCUT2D eigenvalue weighted by Gasteiger charge is 2.23. The van der Waals surface area contributed by atoms with Crippen LogP contribution in [-0.2, 0) is 16.0 Å². The second-order valence-corrected chi connectivity index (χ2v) is 5.61. The van der Waals surface area contributed by atoms with Gasteiger partial charge in [-0.05, 0) is 23.8 Å². The largest absolute Gasteiger partial charge is 0.496 e. The van der Waals surface area contributed by atoms with Crippen LogP contribution < -0.4 is 15.4 Å². The summed E-state index contributed by atoms with van der Waals surface area (Å²) in [4.78, 5) is 35.4. The molecule has 7 heteroatoms. The average molecular weight is 356 g/mol. The summed E-state index contributed by atoms with van der Waals surface area (Å²) in [5.74, 6) is -1.53. The summed E-state index contributed by atoms with van der Waals surface area (Å²) in [6.45, 7) is 1.33. The van der Waals surface area contributed by atoms with E-state index in [1.165, 1.54) is 20.1 Å². The number of hydrogen-bond acceptors (Lipinski definition) is 4. The lowest BCUT2D eigenvalue weighted by molar-refractivity contribution is -0.139. The number of aliphatic carboxylic acids is 1. The zero-order valence-corrected chi connectivity index (χ0v) is 14.5. The minimum Gasteiger partial charge on any atom is -0.496 e. The van der Waals surface area contributed by atoms with Gasteiger partial charge in [0.1, 0.15) is 11.8 Å². The van der Waals surface area contributed by atoms with Crippen molar-refractivity contribution in [1.82, 2.24) is 5.32 Å². The van der Waals surface area contributed by atoms with Gasteiger partial charge in [0, 0.05) is 13.3 Å². The van der Waals surface area contributed by atoms with Crippen LogP contribution in [0.15, 0.2) is 48.5 Å². The van der Waals surface area contributed by atoms with Crippen molar-refractivity contribution in [3.63, 3.8) is 0 Å². The molecule has 1 atom stereocenters. The number of benzene rings is 2. The molecule has 0 spiro atoms. The first-order valence-electron chi connectivity index (χ1n) is 7.94. The molecule has 0 saturated heterocycles. The number of amides is 2. The van der Waals surface area contributed by atoms with Crippen molar-refractivity contribution in [3.8, 4) is 5.75 Å². The second kappa shape index (κ2) is 8.66. The highest BCUT2D eigenvalue weighted by atomic mass is 16.5. The van der Waals surface area contributed by atoms with Gasteiger partial charge in [0.05, 0.1) is 18.4 Å². The maximum Gasteiger partial charge on any atom is 0.326 e. The molecular formula is C19H20N2O5. The topological polar surface area (TPSA) is 105 Å². The van der Waals surface area contributed by atoms with Crippen LogP contribution in [0.5, 0.6) is 5.75 Å². The number of hydrogen-bond donors (Lipinski definition) is 3. The molecule has 0 fully saturated rings. The Bertz CT molecular complexity index is 819. The predicted molar refractivity (Wildman–Crippen MR) is 96.3 cm³/mol. The number of carboxylic acids is 1. The Morgan fingerprint density at radius 1 is 1.08 bits per heavy atom. The van der Waals surface area contributed by atoms with Gasteiger partial charge in [0.25, 0.3) is 5.91 Å². The Hall–Kier alpha value is -3.35. The van der Waals surface area contributed by atoms with E-state index in [9.17, 15) is 19.5 Å². The van der Waals surface area contributed by atoms with Crippen LogP contribution >= 0.6 is 0 Å². The van der Waals surface area contributed by atoms with Gasteiger partial charge < -0.3 is 20.5 Å². The number of carboxylic acid groups (broad SMARTS) is 1. The molecule has 2 rings (SSSR count). The number of rotatable bonds is 7. The molecule has 0 aliphatic carbocycles. The third-order valence-electron chi connectivity index (χ3n) is 3.70. The van der Waals surface area contributed by atoms with E-state index in [0.29, 0.717) is 17.0 Å². The molecule has 0 aliphatic heterocycles. The van der Waals surface area contributed by atoms with E-state index in [2.05, 4.69) is 10.6 Å². The smallest absolute Gasteiger partial charge is 0.326 e. The lowest BCUT2D eigenvalue weighted by Gasteiger charge is -2.17. The van der Waals surface area contributed by atoms with E-state index >= 15 is 0 Å². The van der Waals surface area contributed by atoms with Gasteiger partial charge in [-0.15, -0.1) is 0 Å². The lowest BCUT2D eigenvalue weighted by Crippen LogP contribution is -2.42. The van der Waals surface area contributed by atoms with E-state index < -0.39 is 17.9 Å². The number of para-hydroxylation sites is 2. The fourth-order valence-corrected chi connectivity index (χ4v) is 2.51. The summed E-state index contributed by atoms with van der Waals surface area (Å²) >= 11 is 0. The van der Waals surface area contributed by atoms with Crippen LogP contribution in [0.4, 0.5) is 5.69 Å². The minimum atomic E-state index is -1.17. The van der Waals surface area contributed by atoms with E-state index in [-0.39, 0.29) is 17.9 Å². The molecule has 136 valence electrons. The Morgan fingerprint density at radius 2 is 1.73 bits per heavy atom. The van der Waals surface area contributed by atoms with Crippen LogP contribution in [0.25, 0.3) is 0 Å². The van der Waals surface area contributed by atoms with Crippen molar-refractivity contribution in [1.29, 1.82) is 0 Å². The van der Waals surface area contributed by atoms with Gasteiger partial charge in [-0.25, -0.2) is 4.79 Å². The van der Waals surface area contributed by atoms with Crippen LogP contribution in [0.2, 0.25) is 0 Å². The maximum atomic E-state index is 12.5. The van der Waals surface area contributed by atoms with Crippen LogP contribution in [0.1, 0.15) is 22.8 Å². The number of nitrogens with one attached hydrogen (secondary N) is 2. The summed E-state index contributed by atoms with van der Waals surface area (Å²) in [7, 11) is 1.50. The minimum absolute atomic E-state index is 0.0629. The molecule has 2 aromatic carbocycles. The molecule has 7 nitrogen and oxygen atoms in total. The molecule has 2 aromatic rings. The number of ether oxygens (including phenoxy) is 1. The second-order valence-electron chi connectivity index (χ2n) is 5.61. The number of carbonyl (C=O) groups excluding carboxylic acids is 2. The molecule has 0 heterocycles. The van der Waals surface area contributed by atoms with E-state index in [4.69, 9.17) is 4.74 Å². The van der Waals surface area contributed by atoms with Gasteiger partial charge >= 0.3 is 5.97 Å². The first-order chi connectivity index (χ1) is 12.4. The maximum absolute atomic E-state index is 12.5. The van der Waals surface area contributed by atoms with Crippen molar-refractivity contribution in [2.75, 3.05) is 12.4 Å². The van der Waals surface area contributed by atoms with Gasteiger partial charge in [-0.1, -0.05) is 30.3 Å². The molecule has 26 heavy (non-hydrogen) atoms. The molecule has 0 bridgehead atoms. The molecule has 0 aromatic heterocycles. The highest BCUT2D eigenvalue weighted by Crippen LogP contribution is 2.20. The first kappa shape index (κ1) is 19.0. The fraction of sp³-hybridized carbons (Fsp3) is 0.211. The lowest BCUT2D eigenvalue weighted by atomic mass is 10.0. The quantitative estimate of drug-likeness (QED) is 0.704. The third kappa shape index (κ3) is 4.83. The van der Waals surface area contributed by atoms with E-state index in [0.717, 1.165) is 0 Å². The zero-order chi connectivity index (χ0) is 19.1. The number of carbonyl (C=O) groups is 3. The molecular weight excluding hydrogens is 336 g/mol. The summed E-state index contributed by atoms with van der Waals surface area (Å²) in [6, 6.07) is 12.3. The molecule has 0 aliphatic rings. The zero-order valence-electron chi connectivity index (χ0n) is 14.5. The van der Waals surface area contributed by atoms with Crippen molar-refractivity contribution in [3.05, 3.63) is 59.7 Å². The monoisotopic (exact) mass is 356 g/mol. The van der Waals surface area contributed by atoms with Gasteiger partial charge in [0.15, 0.2) is 0 Å². The Morgan fingerprint density at radius 3 is 2.38 bits per heavy atom. The summed E-state index contributed by atoms with van der Waals surface area (Å²) in [5.41, 5.74) is 1.17. The van der Waals surface area contributed by atoms with Gasteiger partial charge in [0.2, 0.25) is 5.91 Å². The predicted octanol–water partition coefficient (Wildman–Crippen LogP) is 2.08. The average Bonchev–Trinajstić information content (AvgIpc) is 2.61. The summed E-state index contributed by atoms with van der Waals surface area (Å²) < 4.78 is 5.23. The van der Waals surface area contributed by atoms with Gasteiger partial charge in [-0.2, -0.15) is 0 Å². The fourth-order valence-electron chi connectivity index (χ4n) is 2.51. The Kier molecular flexibility index (Phi) is 6.32. The van der Waals surface area contributed by atoms with Crippen LogP contribution in [0, 0.1) is 0 Å². The normalized spacial score (nSPS) is 11.3. The van der Waals surface area contributed by atoms with Crippen molar-refractivity contribution in [2.24, 2.45) is 0 Å². The molecule has 0 saturated carbocycles. The standard InChI is InChI=1S/C19H20N2O5/c1-12(22)20-15-9-5-4-8-14(15)18(23)21-16(19(24)25)11-13-7-3-6-10-17(13)26-2/h3-10,16H,11H2,1-2H3,(H,20,22)(H,21,23)(H,24,25)/t16-/m0/s1. The van der Waals surface area contributed by atoms with Crippen LogP contribution in [0.3, 0.4) is 0 Å². The molecule has 0 radical (unpaired) electrons. The van der Waals surface area contributed by atoms with Crippen molar-refractivity contribution in [2.45, 2.75) is 19.4 Å². The van der Waals surface area contributed by atoms with Gasteiger partial charge in [-0.3, -0.25) is 9.59 Å². The molecule has 0 unspecified atom stereocenters. The molecule has 2 amide bonds. The van der Waals surface area contributed by atoms with E-state index in [1.807, 2.05) is 0 Å². The number of anilines is 1. The third-order valence-corrected chi connectivity index (χ3v) is 3.70. The summed E-state index contributed by atoms with van der Waals surface area (Å²) in [5, 5.41) is 14.5.